The molecule has 0 spiro atoms. The maximum atomic E-state index is 12.3. The highest BCUT2D eigenvalue weighted by Gasteiger charge is 2.24. The number of hydrogen-bond donors (Lipinski definition) is 2. The van der Waals surface area contributed by atoms with Crippen molar-refractivity contribution in [3.8, 4) is 5.75 Å². The number of halogens is 1. The molecular formula is C10H12ClN5O3S. The van der Waals surface area contributed by atoms with Gasteiger partial charge in [-0.25, -0.2) is 13.1 Å². The molecule has 2 aromatic rings. The van der Waals surface area contributed by atoms with Crippen LogP contribution < -0.4 is 9.46 Å². The molecule has 1 aromatic heterocycles. The van der Waals surface area contributed by atoms with Crippen LogP contribution in [0.2, 0.25) is 5.02 Å². The Balaban J connectivity index is 2.31. The predicted octanol–water partition coefficient (Wildman–Crippen LogP) is 0.901. The van der Waals surface area contributed by atoms with Crippen LogP contribution in [0.15, 0.2) is 23.1 Å². The number of rotatable bonds is 5. The fraction of sp³-hybridized carbons (Fsp3) is 0.300. The number of ether oxygens (including phenoxy) is 1. The van der Waals surface area contributed by atoms with Gasteiger partial charge in [-0.3, -0.25) is 0 Å². The molecule has 1 unspecified atom stereocenters. The molecule has 2 N–H and O–H groups in total. The molecule has 20 heavy (non-hydrogen) atoms. The number of hydrogen-bond acceptors (Lipinski definition) is 6. The van der Waals surface area contributed by atoms with Crippen molar-refractivity contribution in [1.82, 2.24) is 25.3 Å². The molecule has 0 aliphatic carbocycles. The predicted molar refractivity (Wildman–Crippen MR) is 70.9 cm³/mol. The van der Waals surface area contributed by atoms with Crippen molar-refractivity contribution in [3.05, 3.63) is 29.0 Å². The number of benzene rings is 1. The topological polar surface area (TPSA) is 110 Å². The number of nitrogens with zero attached hydrogens (tertiary/aromatic N) is 3. The van der Waals surface area contributed by atoms with Crippen molar-refractivity contribution in [3.63, 3.8) is 0 Å². The van der Waals surface area contributed by atoms with Gasteiger partial charge in [0.2, 0.25) is 10.0 Å². The summed E-state index contributed by atoms with van der Waals surface area (Å²) in [6.07, 6.45) is 0. The monoisotopic (exact) mass is 317 g/mol. The number of H-pyrrole nitrogens is 1. The van der Waals surface area contributed by atoms with Crippen molar-refractivity contribution in [2.24, 2.45) is 0 Å². The quantitative estimate of drug-likeness (QED) is 0.848. The molecule has 1 atom stereocenters. The normalized spacial score (nSPS) is 13.2. The molecule has 1 heterocycles. The smallest absolute Gasteiger partial charge is 0.244 e. The van der Waals surface area contributed by atoms with Crippen LogP contribution in [-0.4, -0.2) is 36.2 Å². The zero-order valence-electron chi connectivity index (χ0n) is 10.7. The molecule has 0 bridgehead atoms. The number of nitrogens with one attached hydrogen (secondary N) is 2. The van der Waals surface area contributed by atoms with E-state index in [4.69, 9.17) is 16.3 Å². The molecule has 0 saturated carbocycles. The highest BCUT2D eigenvalue weighted by molar-refractivity contribution is 7.89. The first-order valence-electron chi connectivity index (χ1n) is 5.53. The van der Waals surface area contributed by atoms with Crippen molar-refractivity contribution in [1.29, 1.82) is 0 Å². The van der Waals surface area contributed by atoms with Crippen LogP contribution in [0.3, 0.4) is 0 Å². The van der Waals surface area contributed by atoms with E-state index in [9.17, 15) is 8.42 Å². The Hall–Kier alpha value is -1.71. The first-order valence-corrected chi connectivity index (χ1v) is 7.39. The minimum absolute atomic E-state index is 0.0141. The average Bonchev–Trinajstić information content (AvgIpc) is 2.91. The molecule has 0 fully saturated rings. The van der Waals surface area contributed by atoms with Crippen LogP contribution in [0.1, 0.15) is 18.8 Å². The van der Waals surface area contributed by atoms with Crippen LogP contribution in [-0.2, 0) is 10.0 Å². The van der Waals surface area contributed by atoms with E-state index in [1.54, 1.807) is 6.92 Å². The molecular weight excluding hydrogens is 306 g/mol. The van der Waals surface area contributed by atoms with Gasteiger partial charge in [0.1, 0.15) is 10.6 Å². The summed E-state index contributed by atoms with van der Waals surface area (Å²) in [6, 6.07) is 3.62. The van der Waals surface area contributed by atoms with E-state index >= 15 is 0 Å². The van der Waals surface area contributed by atoms with Gasteiger partial charge in [-0.2, -0.15) is 5.21 Å². The van der Waals surface area contributed by atoms with E-state index < -0.39 is 16.1 Å². The summed E-state index contributed by atoms with van der Waals surface area (Å²) in [7, 11) is -2.43. The highest BCUT2D eigenvalue weighted by Crippen LogP contribution is 2.27. The third-order valence-corrected chi connectivity index (χ3v) is 4.31. The first-order chi connectivity index (χ1) is 9.44. The van der Waals surface area contributed by atoms with Crippen molar-refractivity contribution < 1.29 is 13.2 Å². The van der Waals surface area contributed by atoms with Gasteiger partial charge < -0.3 is 4.74 Å². The summed E-state index contributed by atoms with van der Waals surface area (Å²) in [6.45, 7) is 1.60. The molecule has 0 saturated heterocycles. The van der Waals surface area contributed by atoms with E-state index in [2.05, 4.69) is 25.3 Å². The van der Waals surface area contributed by atoms with Gasteiger partial charge in [0.25, 0.3) is 0 Å². The second kappa shape index (κ2) is 5.73. The van der Waals surface area contributed by atoms with Crippen LogP contribution in [0.5, 0.6) is 5.75 Å². The lowest BCUT2D eigenvalue weighted by Gasteiger charge is -2.13. The average molecular weight is 318 g/mol. The van der Waals surface area contributed by atoms with E-state index in [-0.39, 0.29) is 16.5 Å². The molecule has 1 aromatic carbocycles. The Morgan fingerprint density at radius 2 is 2.20 bits per heavy atom. The summed E-state index contributed by atoms with van der Waals surface area (Å²) in [4.78, 5) is -0.0141. The number of sulfonamides is 1. The van der Waals surface area contributed by atoms with Gasteiger partial charge in [-0.1, -0.05) is 16.8 Å². The Morgan fingerprint density at radius 3 is 2.80 bits per heavy atom. The van der Waals surface area contributed by atoms with E-state index in [0.717, 1.165) is 0 Å². The molecule has 8 nitrogen and oxygen atoms in total. The summed E-state index contributed by atoms with van der Waals surface area (Å²) < 4.78 is 32.1. The summed E-state index contributed by atoms with van der Waals surface area (Å²) in [5, 5.41) is 13.5. The first kappa shape index (κ1) is 14.7. The third-order valence-electron chi connectivity index (χ3n) is 2.50. The summed E-state index contributed by atoms with van der Waals surface area (Å²) >= 11 is 5.81. The number of aromatic nitrogens is 4. The molecule has 0 radical (unpaired) electrons. The third kappa shape index (κ3) is 3.06. The lowest BCUT2D eigenvalue weighted by molar-refractivity contribution is 0.402. The number of aromatic amines is 1. The Kier molecular flexibility index (Phi) is 4.21. The minimum atomic E-state index is -3.80. The fourth-order valence-electron chi connectivity index (χ4n) is 1.57. The van der Waals surface area contributed by atoms with Gasteiger partial charge in [0.05, 0.1) is 13.2 Å². The van der Waals surface area contributed by atoms with Gasteiger partial charge in [0, 0.05) is 11.1 Å². The molecule has 108 valence electrons. The van der Waals surface area contributed by atoms with Crippen molar-refractivity contribution >= 4 is 21.6 Å². The highest BCUT2D eigenvalue weighted by atomic mass is 35.5. The Bertz CT molecular complexity index is 689. The summed E-state index contributed by atoms with van der Waals surface area (Å²) in [5.74, 6) is 0.395. The van der Waals surface area contributed by atoms with E-state index in [1.807, 2.05) is 0 Å². The second-order valence-corrected chi connectivity index (χ2v) is 6.03. The van der Waals surface area contributed by atoms with Crippen LogP contribution in [0.4, 0.5) is 0 Å². The lowest BCUT2D eigenvalue weighted by atomic mass is 10.3. The molecule has 2 rings (SSSR count). The zero-order valence-corrected chi connectivity index (χ0v) is 12.2. The zero-order chi connectivity index (χ0) is 14.8. The van der Waals surface area contributed by atoms with Gasteiger partial charge in [-0.15, -0.1) is 10.2 Å². The molecule has 0 aliphatic heterocycles. The van der Waals surface area contributed by atoms with Crippen LogP contribution in [0, 0.1) is 0 Å². The Labute approximate surface area is 120 Å². The van der Waals surface area contributed by atoms with Crippen LogP contribution in [0.25, 0.3) is 0 Å². The van der Waals surface area contributed by atoms with Crippen LogP contribution >= 0.6 is 11.6 Å². The molecule has 0 amide bonds. The van der Waals surface area contributed by atoms with E-state index in [0.29, 0.717) is 5.02 Å². The van der Waals surface area contributed by atoms with Gasteiger partial charge >= 0.3 is 0 Å². The number of methoxy groups -OCH3 is 1. The SMILES string of the molecule is COc1cc(Cl)ccc1S(=O)(=O)NC(C)c1nn[nH]n1. The van der Waals surface area contributed by atoms with Crippen molar-refractivity contribution in [2.75, 3.05) is 7.11 Å². The maximum absolute atomic E-state index is 12.3. The van der Waals surface area contributed by atoms with Gasteiger partial charge in [-0.05, 0) is 19.1 Å². The molecule has 10 heteroatoms. The Morgan fingerprint density at radius 1 is 1.45 bits per heavy atom. The van der Waals surface area contributed by atoms with E-state index in [1.165, 1.54) is 25.3 Å². The minimum Gasteiger partial charge on any atom is -0.495 e. The molecule has 0 aliphatic rings. The number of tetrazole rings is 1. The lowest BCUT2D eigenvalue weighted by Crippen LogP contribution is -2.28. The second-order valence-electron chi connectivity index (χ2n) is 3.91. The fourth-order valence-corrected chi connectivity index (χ4v) is 3.08. The largest absolute Gasteiger partial charge is 0.495 e. The maximum Gasteiger partial charge on any atom is 0.244 e. The summed E-state index contributed by atoms with van der Waals surface area (Å²) in [5.41, 5.74) is 0. The van der Waals surface area contributed by atoms with Crippen molar-refractivity contribution in [2.45, 2.75) is 17.9 Å². The standard InChI is InChI=1S/C10H12ClN5O3S/c1-6(10-12-15-16-13-10)14-20(17,18)9-4-3-7(11)5-8(9)19-2/h3-6,14H,1-2H3,(H,12,13,15,16). The van der Waals surface area contributed by atoms with Gasteiger partial charge in [0.15, 0.2) is 5.82 Å².